The maximum Gasteiger partial charge on any atom is 0.316 e. The molecule has 0 saturated carbocycles. The fourth-order valence-electron chi connectivity index (χ4n) is 2.63. The average Bonchev–Trinajstić information content (AvgIpc) is 3.01. The maximum absolute atomic E-state index is 5.82. The molecule has 1 aromatic heterocycles. The second-order valence-electron chi connectivity index (χ2n) is 6.53. The number of rotatable bonds is 3. The van der Waals surface area contributed by atoms with Gasteiger partial charge in [-0.3, -0.25) is 0 Å². The highest BCUT2D eigenvalue weighted by molar-refractivity contribution is 5.17. The molecule has 1 aromatic rings. The number of aromatic nitrogens is 2. The molecule has 0 aromatic carbocycles. The van der Waals surface area contributed by atoms with E-state index in [1.807, 2.05) is 12.4 Å². The van der Waals surface area contributed by atoms with Crippen LogP contribution in [0.4, 0.5) is 0 Å². The predicted molar refractivity (Wildman–Crippen MR) is 75.4 cm³/mol. The van der Waals surface area contributed by atoms with Gasteiger partial charge in [0, 0.05) is 19.5 Å². The third kappa shape index (κ3) is 2.88. The Morgan fingerprint density at radius 2 is 1.62 bits per heavy atom. The van der Waals surface area contributed by atoms with E-state index in [1.165, 1.54) is 0 Å². The first-order valence-electron chi connectivity index (χ1n) is 7.24. The van der Waals surface area contributed by atoms with E-state index in [9.17, 15) is 0 Å². The van der Waals surface area contributed by atoms with Gasteiger partial charge in [0.1, 0.15) is 18.3 Å². The molecule has 3 heterocycles. The minimum atomic E-state index is -0.185. The van der Waals surface area contributed by atoms with Crippen LogP contribution in [-0.2, 0) is 19.6 Å². The molecule has 0 N–H and O–H groups in total. The molecule has 0 radical (unpaired) electrons. The van der Waals surface area contributed by atoms with Gasteiger partial charge in [0.25, 0.3) is 0 Å². The third-order valence-electron chi connectivity index (χ3n) is 4.02. The smallest absolute Gasteiger partial charge is 0.316 e. The van der Waals surface area contributed by atoms with Gasteiger partial charge in [-0.05, 0) is 11.0 Å². The Morgan fingerprint density at radius 1 is 1.05 bits per heavy atom. The van der Waals surface area contributed by atoms with Crippen LogP contribution in [0.1, 0.15) is 26.3 Å². The van der Waals surface area contributed by atoms with Crippen molar-refractivity contribution in [3.05, 3.63) is 18.0 Å². The number of methoxy groups -OCH3 is 1. The van der Waals surface area contributed by atoms with Crippen LogP contribution >= 0.6 is 0 Å². The first-order chi connectivity index (χ1) is 9.99. The number of hydrogen-bond donors (Lipinski definition) is 0. The average molecular weight is 294 g/mol. The summed E-state index contributed by atoms with van der Waals surface area (Å²) in [4.78, 5) is 8.57. The molecule has 0 amide bonds. The molecule has 116 valence electrons. The van der Waals surface area contributed by atoms with Gasteiger partial charge in [-0.2, -0.15) is 0 Å². The standard InChI is InChI=1S/C15H22N2O4/c1-15(2,3)9-5-16-14(17-6-9)21-11-8-20-12-10(18-4)7-19-13(11)12/h5-6,10-13H,7-8H2,1-4H3/t10-,11-,12-,13-/m1/s1. The highest BCUT2D eigenvalue weighted by Crippen LogP contribution is 2.30. The van der Waals surface area contributed by atoms with E-state index >= 15 is 0 Å². The zero-order valence-corrected chi connectivity index (χ0v) is 12.9. The Hall–Kier alpha value is -1.24. The second-order valence-corrected chi connectivity index (χ2v) is 6.53. The van der Waals surface area contributed by atoms with Crippen molar-refractivity contribution in [2.24, 2.45) is 0 Å². The molecule has 2 fully saturated rings. The van der Waals surface area contributed by atoms with Crippen molar-refractivity contribution in [3.8, 4) is 6.01 Å². The third-order valence-corrected chi connectivity index (χ3v) is 4.02. The molecule has 6 heteroatoms. The zero-order chi connectivity index (χ0) is 15.0. The number of fused-ring (bicyclic) bond motifs is 1. The molecule has 3 rings (SSSR count). The Morgan fingerprint density at radius 3 is 2.19 bits per heavy atom. The summed E-state index contributed by atoms with van der Waals surface area (Å²) in [5.74, 6) is 0. The molecule has 0 bridgehead atoms. The minimum absolute atomic E-state index is 0.0206. The molecule has 0 aliphatic carbocycles. The molecule has 21 heavy (non-hydrogen) atoms. The molecule has 2 aliphatic rings. The predicted octanol–water partition coefficient (Wildman–Crippen LogP) is 1.33. The van der Waals surface area contributed by atoms with E-state index in [-0.39, 0.29) is 29.8 Å². The van der Waals surface area contributed by atoms with Crippen molar-refractivity contribution >= 4 is 0 Å². The van der Waals surface area contributed by atoms with Crippen LogP contribution in [0, 0.1) is 0 Å². The van der Waals surface area contributed by atoms with E-state index in [0.29, 0.717) is 19.2 Å². The van der Waals surface area contributed by atoms with Gasteiger partial charge in [-0.1, -0.05) is 20.8 Å². The lowest BCUT2D eigenvalue weighted by atomic mass is 9.89. The van der Waals surface area contributed by atoms with Gasteiger partial charge in [0.2, 0.25) is 0 Å². The summed E-state index contributed by atoms with van der Waals surface area (Å²) in [7, 11) is 1.67. The normalized spacial score (nSPS) is 32.2. The minimum Gasteiger partial charge on any atom is -0.455 e. The van der Waals surface area contributed by atoms with Gasteiger partial charge in [0.15, 0.2) is 6.10 Å². The molecular weight excluding hydrogens is 272 g/mol. The number of hydrogen-bond acceptors (Lipinski definition) is 6. The summed E-state index contributed by atoms with van der Waals surface area (Å²) in [5.41, 5.74) is 1.10. The largest absolute Gasteiger partial charge is 0.455 e. The van der Waals surface area contributed by atoms with Crippen LogP contribution < -0.4 is 4.74 Å². The van der Waals surface area contributed by atoms with Gasteiger partial charge >= 0.3 is 6.01 Å². The van der Waals surface area contributed by atoms with E-state index in [2.05, 4.69) is 30.7 Å². The molecule has 0 spiro atoms. The summed E-state index contributed by atoms with van der Waals surface area (Å²) < 4.78 is 22.6. The van der Waals surface area contributed by atoms with Gasteiger partial charge in [-0.25, -0.2) is 9.97 Å². The van der Waals surface area contributed by atoms with Gasteiger partial charge in [-0.15, -0.1) is 0 Å². The molecule has 2 saturated heterocycles. The summed E-state index contributed by atoms with van der Waals surface area (Å²) in [6.45, 7) is 7.38. The molecule has 6 nitrogen and oxygen atoms in total. The van der Waals surface area contributed by atoms with Gasteiger partial charge in [0.05, 0.1) is 13.2 Å². The summed E-state index contributed by atoms with van der Waals surface area (Å²) in [6.07, 6.45) is 3.24. The van der Waals surface area contributed by atoms with E-state index in [4.69, 9.17) is 18.9 Å². The molecule has 4 atom stereocenters. The number of ether oxygens (including phenoxy) is 4. The summed E-state index contributed by atoms with van der Waals surface area (Å²) in [6, 6.07) is 0.363. The van der Waals surface area contributed by atoms with Crippen LogP contribution in [0.25, 0.3) is 0 Å². The first kappa shape index (κ1) is 14.7. The van der Waals surface area contributed by atoms with Crippen molar-refractivity contribution in [3.63, 3.8) is 0 Å². The van der Waals surface area contributed by atoms with Crippen molar-refractivity contribution in [2.75, 3.05) is 20.3 Å². The van der Waals surface area contributed by atoms with E-state index in [0.717, 1.165) is 5.56 Å². The van der Waals surface area contributed by atoms with E-state index < -0.39 is 0 Å². The van der Waals surface area contributed by atoms with Crippen LogP contribution in [0.3, 0.4) is 0 Å². The lowest BCUT2D eigenvalue weighted by Crippen LogP contribution is -2.35. The van der Waals surface area contributed by atoms with Crippen LogP contribution in [-0.4, -0.2) is 54.7 Å². The maximum atomic E-state index is 5.82. The second kappa shape index (κ2) is 5.51. The zero-order valence-electron chi connectivity index (χ0n) is 12.9. The van der Waals surface area contributed by atoms with Crippen molar-refractivity contribution < 1.29 is 18.9 Å². The van der Waals surface area contributed by atoms with E-state index in [1.54, 1.807) is 7.11 Å². The quantitative estimate of drug-likeness (QED) is 0.838. The van der Waals surface area contributed by atoms with Crippen LogP contribution in [0.15, 0.2) is 12.4 Å². The molecular formula is C15H22N2O4. The highest BCUT2D eigenvalue weighted by atomic mass is 16.6. The molecule has 0 unspecified atom stereocenters. The Labute approximate surface area is 124 Å². The fourth-order valence-corrected chi connectivity index (χ4v) is 2.63. The highest BCUT2D eigenvalue weighted by Gasteiger charge is 2.49. The van der Waals surface area contributed by atoms with Crippen molar-refractivity contribution in [1.82, 2.24) is 9.97 Å². The van der Waals surface area contributed by atoms with Crippen LogP contribution in [0.2, 0.25) is 0 Å². The van der Waals surface area contributed by atoms with Gasteiger partial charge < -0.3 is 18.9 Å². The topological polar surface area (TPSA) is 62.7 Å². The van der Waals surface area contributed by atoms with Crippen molar-refractivity contribution in [1.29, 1.82) is 0 Å². The lowest BCUT2D eigenvalue weighted by Gasteiger charge is -2.19. The first-order valence-corrected chi connectivity index (χ1v) is 7.24. The Kier molecular flexibility index (Phi) is 3.86. The SMILES string of the molecule is CO[C@@H]1CO[C@H]2[C@@H]1OC[C@H]2Oc1ncc(C(C)(C)C)cn1. The number of nitrogens with zero attached hydrogens (tertiary/aromatic N) is 2. The fraction of sp³-hybridized carbons (Fsp3) is 0.733. The van der Waals surface area contributed by atoms with Crippen molar-refractivity contribution in [2.45, 2.75) is 50.6 Å². The molecule has 2 aliphatic heterocycles. The Balaban J connectivity index is 1.65. The Bertz CT molecular complexity index is 485. The monoisotopic (exact) mass is 294 g/mol. The summed E-state index contributed by atoms with van der Waals surface area (Å²) in [5, 5.41) is 0. The summed E-state index contributed by atoms with van der Waals surface area (Å²) >= 11 is 0. The van der Waals surface area contributed by atoms with Crippen LogP contribution in [0.5, 0.6) is 6.01 Å². The lowest BCUT2D eigenvalue weighted by molar-refractivity contribution is -0.0146.